The molecule has 1 aromatic heterocycles. The lowest BCUT2D eigenvalue weighted by molar-refractivity contribution is -0.118. The normalized spacial score (nSPS) is 13.3. The summed E-state index contributed by atoms with van der Waals surface area (Å²) in [5, 5.41) is 2.95. The highest BCUT2D eigenvalue weighted by atomic mass is 16.1. The molecule has 0 saturated carbocycles. The van der Waals surface area contributed by atoms with Crippen LogP contribution in [0.3, 0.4) is 0 Å². The lowest BCUT2D eigenvalue weighted by atomic mass is 10.1. The van der Waals surface area contributed by atoms with Gasteiger partial charge in [0.1, 0.15) is 0 Å². The minimum Gasteiger partial charge on any atom is -0.346 e. The van der Waals surface area contributed by atoms with E-state index in [1.54, 1.807) is 12.4 Å². The summed E-state index contributed by atoms with van der Waals surface area (Å²) in [6, 6.07) is 3.82. The summed E-state index contributed by atoms with van der Waals surface area (Å²) in [6.45, 7) is 5.81. The van der Waals surface area contributed by atoms with Crippen molar-refractivity contribution in [1.29, 1.82) is 0 Å². The first kappa shape index (κ1) is 12.4. The first-order valence-corrected chi connectivity index (χ1v) is 5.52. The van der Waals surface area contributed by atoms with Crippen LogP contribution in [0.15, 0.2) is 36.2 Å². The fraction of sp³-hybridized carbons (Fsp3) is 0.385. The van der Waals surface area contributed by atoms with Crippen molar-refractivity contribution in [2.75, 3.05) is 0 Å². The second-order valence-electron chi connectivity index (χ2n) is 3.77. The Hall–Kier alpha value is -1.64. The Morgan fingerprint density at radius 3 is 2.69 bits per heavy atom. The molecule has 1 atom stereocenters. The highest BCUT2D eigenvalue weighted by molar-refractivity contribution is 5.92. The minimum absolute atomic E-state index is 0.00818. The lowest BCUT2D eigenvalue weighted by Gasteiger charge is -2.14. The average Bonchev–Trinajstić information content (AvgIpc) is 2.30. The number of rotatable bonds is 4. The highest BCUT2D eigenvalue weighted by Crippen LogP contribution is 2.11. The first-order valence-electron chi connectivity index (χ1n) is 5.52. The number of aromatic nitrogens is 1. The third-order valence-corrected chi connectivity index (χ3v) is 2.42. The van der Waals surface area contributed by atoms with Crippen molar-refractivity contribution >= 4 is 5.91 Å². The largest absolute Gasteiger partial charge is 0.346 e. The van der Waals surface area contributed by atoms with E-state index >= 15 is 0 Å². The number of hydrogen-bond acceptors (Lipinski definition) is 2. The third kappa shape index (κ3) is 3.50. The van der Waals surface area contributed by atoms with Crippen molar-refractivity contribution in [3.63, 3.8) is 0 Å². The van der Waals surface area contributed by atoms with E-state index in [2.05, 4.69) is 10.3 Å². The van der Waals surface area contributed by atoms with Crippen molar-refractivity contribution in [2.24, 2.45) is 0 Å². The van der Waals surface area contributed by atoms with E-state index in [0.29, 0.717) is 0 Å². The van der Waals surface area contributed by atoms with Crippen molar-refractivity contribution < 1.29 is 4.79 Å². The molecule has 0 aliphatic rings. The number of nitrogens with zero attached hydrogens (tertiary/aromatic N) is 1. The molecule has 86 valence electrons. The SMILES string of the molecule is CC/C=C(\C)C(=O)N[C@H](C)c1ccncc1. The fourth-order valence-corrected chi connectivity index (χ4v) is 1.44. The number of nitrogens with one attached hydrogen (secondary N) is 1. The molecular weight excluding hydrogens is 200 g/mol. The van der Waals surface area contributed by atoms with Gasteiger partial charge in [-0.1, -0.05) is 13.0 Å². The summed E-state index contributed by atoms with van der Waals surface area (Å²) in [6.07, 6.45) is 6.26. The molecule has 3 heteroatoms. The zero-order valence-electron chi connectivity index (χ0n) is 10.0. The van der Waals surface area contributed by atoms with E-state index in [1.807, 2.05) is 39.0 Å². The smallest absolute Gasteiger partial charge is 0.247 e. The molecule has 1 rings (SSSR count). The Morgan fingerprint density at radius 2 is 2.12 bits per heavy atom. The number of pyridine rings is 1. The van der Waals surface area contributed by atoms with E-state index in [-0.39, 0.29) is 11.9 Å². The van der Waals surface area contributed by atoms with Crippen LogP contribution < -0.4 is 5.32 Å². The molecule has 0 fully saturated rings. The molecular formula is C13H18N2O. The van der Waals surface area contributed by atoms with Gasteiger partial charge < -0.3 is 5.32 Å². The monoisotopic (exact) mass is 218 g/mol. The molecule has 0 saturated heterocycles. The van der Waals surface area contributed by atoms with Crippen LogP contribution in [-0.2, 0) is 4.79 Å². The van der Waals surface area contributed by atoms with Crippen LogP contribution in [0.25, 0.3) is 0 Å². The second-order valence-corrected chi connectivity index (χ2v) is 3.77. The van der Waals surface area contributed by atoms with Crippen LogP contribution in [0.4, 0.5) is 0 Å². The van der Waals surface area contributed by atoms with Gasteiger partial charge >= 0.3 is 0 Å². The van der Waals surface area contributed by atoms with Crippen molar-refractivity contribution in [2.45, 2.75) is 33.2 Å². The number of allylic oxidation sites excluding steroid dienone is 1. The Balaban J connectivity index is 2.62. The Bertz CT molecular complexity index is 371. The molecule has 0 radical (unpaired) electrons. The minimum atomic E-state index is -0.00818. The quantitative estimate of drug-likeness (QED) is 0.789. The summed E-state index contributed by atoms with van der Waals surface area (Å²) < 4.78 is 0. The molecule has 0 aliphatic carbocycles. The van der Waals surface area contributed by atoms with Crippen LogP contribution in [0.5, 0.6) is 0 Å². The maximum Gasteiger partial charge on any atom is 0.247 e. The van der Waals surface area contributed by atoms with E-state index in [1.165, 1.54) is 0 Å². The molecule has 0 spiro atoms. The molecule has 0 aliphatic heterocycles. The number of carbonyl (C=O) groups excluding carboxylic acids is 1. The maximum absolute atomic E-state index is 11.7. The van der Waals surface area contributed by atoms with Gasteiger partial charge in [-0.15, -0.1) is 0 Å². The topological polar surface area (TPSA) is 42.0 Å². The van der Waals surface area contributed by atoms with Gasteiger partial charge in [-0.25, -0.2) is 0 Å². The second kappa shape index (κ2) is 6.05. The predicted octanol–water partition coefficient (Wildman–Crippen LogP) is 2.62. The van der Waals surface area contributed by atoms with Crippen LogP contribution in [-0.4, -0.2) is 10.9 Å². The van der Waals surface area contributed by atoms with Crippen molar-refractivity contribution in [3.8, 4) is 0 Å². The first-order chi connectivity index (χ1) is 7.65. The Morgan fingerprint density at radius 1 is 1.50 bits per heavy atom. The van der Waals surface area contributed by atoms with Crippen molar-refractivity contribution in [3.05, 3.63) is 41.7 Å². The Labute approximate surface area is 96.6 Å². The summed E-state index contributed by atoms with van der Waals surface area (Å²) in [5.41, 5.74) is 1.83. The molecule has 1 amide bonds. The fourth-order valence-electron chi connectivity index (χ4n) is 1.44. The van der Waals surface area contributed by atoms with E-state index in [4.69, 9.17) is 0 Å². The molecule has 0 bridgehead atoms. The number of hydrogen-bond donors (Lipinski definition) is 1. The third-order valence-electron chi connectivity index (χ3n) is 2.42. The van der Waals surface area contributed by atoms with Crippen LogP contribution >= 0.6 is 0 Å². The molecule has 1 aromatic rings. The summed E-state index contributed by atoms with van der Waals surface area (Å²) >= 11 is 0. The van der Waals surface area contributed by atoms with Crippen LogP contribution in [0, 0.1) is 0 Å². The number of amides is 1. The summed E-state index contributed by atoms with van der Waals surface area (Å²) in [5.74, 6) is -0.00818. The van der Waals surface area contributed by atoms with E-state index in [9.17, 15) is 4.79 Å². The maximum atomic E-state index is 11.7. The van der Waals surface area contributed by atoms with Crippen LogP contribution in [0.2, 0.25) is 0 Å². The molecule has 1 N–H and O–H groups in total. The zero-order chi connectivity index (χ0) is 12.0. The molecule has 0 aromatic carbocycles. The van der Waals surface area contributed by atoms with Gasteiger partial charge in [0.05, 0.1) is 6.04 Å². The Kier molecular flexibility index (Phi) is 4.70. The van der Waals surface area contributed by atoms with E-state index in [0.717, 1.165) is 17.6 Å². The summed E-state index contributed by atoms with van der Waals surface area (Å²) in [7, 11) is 0. The highest BCUT2D eigenvalue weighted by Gasteiger charge is 2.09. The zero-order valence-corrected chi connectivity index (χ0v) is 10.0. The van der Waals surface area contributed by atoms with Gasteiger partial charge in [-0.3, -0.25) is 9.78 Å². The van der Waals surface area contributed by atoms with Gasteiger partial charge in [-0.05, 0) is 38.0 Å². The molecule has 16 heavy (non-hydrogen) atoms. The van der Waals surface area contributed by atoms with Gasteiger partial charge in [0.25, 0.3) is 0 Å². The molecule has 0 unspecified atom stereocenters. The lowest BCUT2D eigenvalue weighted by Crippen LogP contribution is -2.27. The molecule has 1 heterocycles. The van der Waals surface area contributed by atoms with Gasteiger partial charge in [0.15, 0.2) is 0 Å². The van der Waals surface area contributed by atoms with E-state index < -0.39 is 0 Å². The summed E-state index contributed by atoms with van der Waals surface area (Å²) in [4.78, 5) is 15.7. The van der Waals surface area contributed by atoms with Gasteiger partial charge in [0, 0.05) is 18.0 Å². The van der Waals surface area contributed by atoms with Gasteiger partial charge in [-0.2, -0.15) is 0 Å². The van der Waals surface area contributed by atoms with Gasteiger partial charge in [0.2, 0.25) is 5.91 Å². The number of carbonyl (C=O) groups is 1. The standard InChI is InChI=1S/C13H18N2O/c1-4-5-10(2)13(16)15-11(3)12-6-8-14-9-7-12/h5-9,11H,4H2,1-3H3,(H,15,16)/b10-5+/t11-/m1/s1. The predicted molar refractivity (Wildman–Crippen MR) is 64.8 cm³/mol. The average molecular weight is 218 g/mol. The van der Waals surface area contributed by atoms with Crippen molar-refractivity contribution in [1.82, 2.24) is 10.3 Å². The van der Waals surface area contributed by atoms with Crippen LogP contribution in [0.1, 0.15) is 38.8 Å². The molecule has 3 nitrogen and oxygen atoms in total.